The lowest BCUT2D eigenvalue weighted by molar-refractivity contribution is 0.619. The van der Waals surface area contributed by atoms with Gasteiger partial charge < -0.3 is 9.88 Å². The number of nitrogens with one attached hydrogen (secondary N) is 1. The van der Waals surface area contributed by atoms with Crippen molar-refractivity contribution in [1.29, 1.82) is 0 Å². The molecule has 0 atom stereocenters. The Morgan fingerprint density at radius 2 is 1.83 bits per heavy atom. The van der Waals surface area contributed by atoms with E-state index in [4.69, 9.17) is 11.6 Å². The van der Waals surface area contributed by atoms with Crippen molar-refractivity contribution in [1.82, 2.24) is 24.5 Å². The lowest BCUT2D eigenvalue weighted by atomic mass is 10.3. The van der Waals surface area contributed by atoms with Crippen molar-refractivity contribution in [2.75, 3.05) is 11.9 Å². The zero-order valence-corrected chi connectivity index (χ0v) is 13.7. The summed E-state index contributed by atoms with van der Waals surface area (Å²) in [7, 11) is 0. The van der Waals surface area contributed by atoms with Crippen LogP contribution >= 0.6 is 11.6 Å². The first-order valence-electron chi connectivity index (χ1n) is 7.65. The minimum Gasteiger partial charge on any atom is -0.382 e. The van der Waals surface area contributed by atoms with E-state index < -0.39 is 0 Å². The molecule has 8 heteroatoms. The van der Waals surface area contributed by atoms with Crippen molar-refractivity contribution < 1.29 is 0 Å². The molecule has 124 valence electrons. The van der Waals surface area contributed by atoms with E-state index in [2.05, 4.69) is 20.6 Å². The van der Waals surface area contributed by atoms with E-state index in [1.165, 1.54) is 4.68 Å². The van der Waals surface area contributed by atoms with Gasteiger partial charge >= 0.3 is 0 Å². The molecule has 0 fully saturated rings. The van der Waals surface area contributed by atoms with Gasteiger partial charge in [-0.1, -0.05) is 29.8 Å². The fourth-order valence-electron chi connectivity index (χ4n) is 2.29. The molecule has 0 aliphatic carbocycles. The summed E-state index contributed by atoms with van der Waals surface area (Å²) in [5.41, 5.74) is 0.903. The zero-order valence-electron chi connectivity index (χ0n) is 13.0. The topological polar surface area (TPSA) is 77.6 Å². The van der Waals surface area contributed by atoms with E-state index in [0.717, 1.165) is 19.4 Å². The van der Waals surface area contributed by atoms with Crippen LogP contribution in [0.4, 0.5) is 5.69 Å². The molecular formula is C16H17ClN6O. The molecule has 0 saturated heterocycles. The van der Waals surface area contributed by atoms with Crippen LogP contribution < -0.4 is 10.9 Å². The number of hydrogen-bond acceptors (Lipinski definition) is 5. The predicted molar refractivity (Wildman–Crippen MR) is 92.6 cm³/mol. The van der Waals surface area contributed by atoms with Crippen molar-refractivity contribution in [2.45, 2.75) is 19.4 Å². The maximum Gasteiger partial charge on any atom is 0.292 e. The highest BCUT2D eigenvalue weighted by atomic mass is 35.5. The Kier molecular flexibility index (Phi) is 5.22. The predicted octanol–water partition coefficient (Wildman–Crippen LogP) is 2.37. The van der Waals surface area contributed by atoms with E-state index in [-0.39, 0.29) is 10.6 Å². The summed E-state index contributed by atoms with van der Waals surface area (Å²) in [6.07, 6.45) is 6.86. The van der Waals surface area contributed by atoms with Gasteiger partial charge in [-0.2, -0.15) is 9.78 Å². The van der Waals surface area contributed by atoms with Crippen LogP contribution in [0.3, 0.4) is 0 Å². The minimum atomic E-state index is -0.336. The molecule has 24 heavy (non-hydrogen) atoms. The van der Waals surface area contributed by atoms with E-state index in [0.29, 0.717) is 17.9 Å². The molecule has 0 spiro atoms. The van der Waals surface area contributed by atoms with E-state index >= 15 is 0 Å². The van der Waals surface area contributed by atoms with Crippen molar-refractivity contribution in [3.63, 3.8) is 0 Å². The maximum absolute atomic E-state index is 12.3. The molecule has 3 rings (SSSR count). The van der Waals surface area contributed by atoms with Gasteiger partial charge in [0.2, 0.25) is 0 Å². The number of unbranched alkanes of at least 4 members (excludes halogenated alkanes) is 1. The summed E-state index contributed by atoms with van der Waals surface area (Å²) in [5, 5.41) is 15.0. The number of hydrogen-bond donors (Lipinski definition) is 1. The summed E-state index contributed by atoms with van der Waals surface area (Å²) in [6.45, 7) is 1.56. The van der Waals surface area contributed by atoms with Gasteiger partial charge in [-0.3, -0.25) is 4.79 Å². The second kappa shape index (κ2) is 7.74. The van der Waals surface area contributed by atoms with Crippen LogP contribution in [-0.2, 0) is 6.54 Å². The summed E-state index contributed by atoms with van der Waals surface area (Å²) in [4.78, 5) is 12.3. The standard InChI is InChI=1S/C16H17ClN6O/c17-15-14(18-8-4-5-9-22-11-19-20-12-22)10-21-23(16(15)24)13-6-2-1-3-7-13/h1-3,6-7,10-12,18H,4-5,8-9H2. The third-order valence-corrected chi connectivity index (χ3v) is 3.91. The highest BCUT2D eigenvalue weighted by molar-refractivity contribution is 6.32. The van der Waals surface area contributed by atoms with E-state index in [1.54, 1.807) is 18.9 Å². The normalized spacial score (nSPS) is 10.7. The third kappa shape index (κ3) is 3.80. The van der Waals surface area contributed by atoms with Crippen molar-refractivity contribution >= 4 is 17.3 Å². The number of aryl methyl sites for hydroxylation is 1. The largest absolute Gasteiger partial charge is 0.382 e. The Hall–Kier alpha value is -2.67. The summed E-state index contributed by atoms with van der Waals surface area (Å²) < 4.78 is 3.22. The number of nitrogens with zero attached hydrogens (tertiary/aromatic N) is 5. The summed E-state index contributed by atoms with van der Waals surface area (Å²) >= 11 is 6.19. The second-order valence-corrected chi connectivity index (χ2v) is 5.64. The molecule has 1 N–H and O–H groups in total. The molecule has 0 aliphatic heterocycles. The SMILES string of the molecule is O=c1c(Cl)c(NCCCCn2cnnc2)cnn1-c1ccccc1. The molecule has 0 unspecified atom stereocenters. The summed E-state index contributed by atoms with van der Waals surface area (Å²) in [6, 6.07) is 9.19. The van der Waals surface area contributed by atoms with Crippen LogP contribution in [0.15, 0.2) is 54.0 Å². The molecule has 0 amide bonds. The highest BCUT2D eigenvalue weighted by Crippen LogP contribution is 2.16. The quantitative estimate of drug-likeness (QED) is 0.666. The van der Waals surface area contributed by atoms with Gasteiger partial charge in [0.25, 0.3) is 5.56 Å². The minimum absolute atomic E-state index is 0.146. The first kappa shape index (κ1) is 16.2. The van der Waals surface area contributed by atoms with Gasteiger partial charge in [-0.25, -0.2) is 0 Å². The number of aromatic nitrogens is 5. The fraction of sp³-hybridized carbons (Fsp3) is 0.250. The molecule has 0 saturated carbocycles. The van der Waals surface area contributed by atoms with Crippen molar-refractivity contribution in [3.05, 3.63) is 64.6 Å². The molecule has 0 radical (unpaired) electrons. The Morgan fingerprint density at radius 3 is 2.58 bits per heavy atom. The van der Waals surface area contributed by atoms with Gasteiger partial charge in [0, 0.05) is 13.1 Å². The molecule has 2 aromatic heterocycles. The lowest BCUT2D eigenvalue weighted by Gasteiger charge is -2.10. The number of para-hydroxylation sites is 1. The second-order valence-electron chi connectivity index (χ2n) is 5.26. The van der Waals surface area contributed by atoms with Gasteiger partial charge in [-0.05, 0) is 25.0 Å². The lowest BCUT2D eigenvalue weighted by Crippen LogP contribution is -2.22. The van der Waals surface area contributed by atoms with Gasteiger partial charge in [0.1, 0.15) is 17.7 Å². The fourth-order valence-corrected chi connectivity index (χ4v) is 2.48. The van der Waals surface area contributed by atoms with Crippen LogP contribution in [0.1, 0.15) is 12.8 Å². The number of rotatable bonds is 7. The van der Waals surface area contributed by atoms with Crippen LogP contribution in [0.25, 0.3) is 5.69 Å². The number of halogens is 1. The number of anilines is 1. The smallest absolute Gasteiger partial charge is 0.292 e. The van der Waals surface area contributed by atoms with Crippen molar-refractivity contribution in [3.8, 4) is 5.69 Å². The first-order valence-corrected chi connectivity index (χ1v) is 8.03. The molecule has 3 aromatic rings. The molecule has 1 aromatic carbocycles. The van der Waals surface area contributed by atoms with Crippen LogP contribution in [0.5, 0.6) is 0 Å². The number of benzene rings is 1. The Bertz CT molecular complexity index is 832. The highest BCUT2D eigenvalue weighted by Gasteiger charge is 2.10. The molecular weight excluding hydrogens is 328 g/mol. The molecule has 0 aliphatic rings. The van der Waals surface area contributed by atoms with Crippen molar-refractivity contribution in [2.24, 2.45) is 0 Å². The first-order chi connectivity index (χ1) is 11.8. The Morgan fingerprint density at radius 1 is 1.08 bits per heavy atom. The maximum atomic E-state index is 12.3. The molecule has 7 nitrogen and oxygen atoms in total. The van der Waals surface area contributed by atoms with E-state index in [1.807, 2.05) is 34.9 Å². The average Bonchev–Trinajstić information content (AvgIpc) is 3.12. The third-order valence-electron chi connectivity index (χ3n) is 3.54. The van der Waals surface area contributed by atoms with E-state index in [9.17, 15) is 4.79 Å². The Labute approximate surface area is 143 Å². The summed E-state index contributed by atoms with van der Waals surface area (Å²) in [5.74, 6) is 0. The van der Waals surface area contributed by atoms with Crippen LogP contribution in [0.2, 0.25) is 5.02 Å². The Balaban J connectivity index is 1.58. The van der Waals surface area contributed by atoms with Crippen LogP contribution in [0, 0.1) is 0 Å². The average molecular weight is 345 g/mol. The van der Waals surface area contributed by atoms with Gasteiger partial charge in [0.15, 0.2) is 0 Å². The van der Waals surface area contributed by atoms with Gasteiger partial charge in [-0.15, -0.1) is 10.2 Å². The zero-order chi connectivity index (χ0) is 16.8. The molecule has 0 bridgehead atoms. The monoisotopic (exact) mass is 344 g/mol. The van der Waals surface area contributed by atoms with Gasteiger partial charge in [0.05, 0.1) is 17.6 Å². The van der Waals surface area contributed by atoms with Crippen LogP contribution in [-0.4, -0.2) is 31.1 Å². The molecule has 2 heterocycles.